The van der Waals surface area contributed by atoms with Crippen LogP contribution in [0.3, 0.4) is 0 Å². The fourth-order valence-corrected chi connectivity index (χ4v) is 5.78. The maximum Gasteiger partial charge on any atom is 0.259 e. The van der Waals surface area contributed by atoms with Crippen molar-refractivity contribution in [3.8, 4) is 5.75 Å². The number of aromatic nitrogens is 3. The molecule has 3 heterocycles. The van der Waals surface area contributed by atoms with Crippen molar-refractivity contribution in [1.29, 1.82) is 0 Å². The van der Waals surface area contributed by atoms with Crippen LogP contribution in [0.15, 0.2) is 60.7 Å². The number of aliphatic hydroxyl groups excluding tert-OH is 1. The summed E-state index contributed by atoms with van der Waals surface area (Å²) in [6, 6.07) is 17.5. The maximum absolute atomic E-state index is 13.0. The van der Waals surface area contributed by atoms with E-state index in [1.54, 1.807) is 42.5 Å². The van der Waals surface area contributed by atoms with Gasteiger partial charge in [0.1, 0.15) is 5.75 Å². The lowest BCUT2D eigenvalue weighted by Crippen LogP contribution is -2.53. The standard InChI is InChI=1S/C30H36N10O3/c31-13-22-12-23(41)16-40(22)30-37-28(36-29(38-30)39-14-18(32)11-19(33)15-39)35-21-8-6-20(7-9-21)34-27(43)25-10-5-17-3-1-2-4-24(17)26(25)42/h1-10,18-19,22-23,41-42H,11-16,31-33H2,(H,34,43)(H,35,36,37,38)/t18-,19+,22-,23-/m0/s1. The number of amides is 1. The van der Waals surface area contributed by atoms with E-state index in [1.807, 2.05) is 28.0 Å². The predicted molar refractivity (Wildman–Crippen MR) is 167 cm³/mol. The first kappa shape index (κ1) is 28.6. The molecular weight excluding hydrogens is 548 g/mol. The van der Waals surface area contributed by atoms with Crippen molar-refractivity contribution in [1.82, 2.24) is 15.0 Å². The fourth-order valence-electron chi connectivity index (χ4n) is 5.78. The molecule has 6 rings (SSSR count). The van der Waals surface area contributed by atoms with Gasteiger partial charge in [0.05, 0.1) is 11.7 Å². The molecule has 4 aromatic rings. The highest BCUT2D eigenvalue weighted by molar-refractivity contribution is 6.09. The van der Waals surface area contributed by atoms with Crippen molar-refractivity contribution in [3.05, 3.63) is 66.2 Å². The van der Waals surface area contributed by atoms with Crippen LogP contribution in [0.25, 0.3) is 10.8 Å². The molecule has 224 valence electrons. The minimum Gasteiger partial charge on any atom is -0.506 e. The van der Waals surface area contributed by atoms with E-state index in [0.717, 1.165) is 11.8 Å². The van der Waals surface area contributed by atoms with Gasteiger partial charge in [-0.1, -0.05) is 30.3 Å². The lowest BCUT2D eigenvalue weighted by atomic mass is 10.0. The summed E-state index contributed by atoms with van der Waals surface area (Å²) in [6.07, 6.45) is 0.724. The largest absolute Gasteiger partial charge is 0.506 e. The molecule has 0 radical (unpaired) electrons. The molecule has 1 amide bonds. The van der Waals surface area contributed by atoms with E-state index in [9.17, 15) is 15.0 Å². The van der Waals surface area contributed by atoms with Crippen molar-refractivity contribution in [2.75, 3.05) is 46.6 Å². The Bertz CT molecular complexity index is 1610. The quantitative estimate of drug-likeness (QED) is 0.165. The number of benzene rings is 3. The first-order valence-corrected chi connectivity index (χ1v) is 14.3. The zero-order valence-corrected chi connectivity index (χ0v) is 23.6. The fraction of sp³-hybridized carbons (Fsp3) is 0.333. The molecular formula is C30H36N10O3. The van der Waals surface area contributed by atoms with Crippen molar-refractivity contribution < 1.29 is 15.0 Å². The molecule has 2 saturated heterocycles. The Kier molecular flexibility index (Phi) is 7.95. The number of anilines is 5. The molecule has 0 unspecified atom stereocenters. The Morgan fingerprint density at radius 3 is 2.33 bits per heavy atom. The Hall–Kier alpha value is -4.56. The zero-order valence-electron chi connectivity index (χ0n) is 23.6. The van der Waals surface area contributed by atoms with Gasteiger partial charge in [0.2, 0.25) is 17.8 Å². The number of phenolic OH excluding ortho intramolecular Hbond substituents is 1. The molecule has 0 spiro atoms. The number of carbonyl (C=O) groups is 1. The molecule has 2 fully saturated rings. The number of phenols is 1. The van der Waals surface area contributed by atoms with Crippen LogP contribution in [0.4, 0.5) is 29.2 Å². The summed E-state index contributed by atoms with van der Waals surface area (Å²) in [5.74, 6) is 0.674. The van der Waals surface area contributed by atoms with E-state index in [4.69, 9.17) is 22.2 Å². The lowest BCUT2D eigenvalue weighted by Gasteiger charge is -2.35. The van der Waals surface area contributed by atoms with Gasteiger partial charge in [-0.25, -0.2) is 0 Å². The second kappa shape index (κ2) is 12.0. The first-order chi connectivity index (χ1) is 20.8. The molecule has 1 aromatic heterocycles. The van der Waals surface area contributed by atoms with E-state index in [-0.39, 0.29) is 29.4 Å². The number of piperidine rings is 1. The minimum atomic E-state index is -0.527. The third kappa shape index (κ3) is 6.15. The number of hydrogen-bond acceptors (Lipinski definition) is 12. The van der Waals surface area contributed by atoms with Crippen molar-refractivity contribution >= 4 is 45.9 Å². The van der Waals surface area contributed by atoms with Gasteiger partial charge in [-0.15, -0.1) is 0 Å². The number of nitrogens with one attached hydrogen (secondary N) is 2. The van der Waals surface area contributed by atoms with Gasteiger partial charge < -0.3 is 47.8 Å². The van der Waals surface area contributed by atoms with E-state index in [2.05, 4.69) is 20.6 Å². The Labute approximate surface area is 248 Å². The van der Waals surface area contributed by atoms with Gasteiger partial charge in [-0.05, 0) is 48.6 Å². The zero-order chi connectivity index (χ0) is 30.1. The smallest absolute Gasteiger partial charge is 0.259 e. The number of β-amino-alcohol motifs (C(OH)–C–C–N with tert-alkyl or cyclic N) is 1. The highest BCUT2D eigenvalue weighted by atomic mass is 16.3. The number of fused-ring (bicyclic) bond motifs is 1. The average molecular weight is 585 g/mol. The Balaban J connectivity index is 1.22. The van der Waals surface area contributed by atoms with Gasteiger partial charge in [0.15, 0.2) is 0 Å². The molecule has 10 N–H and O–H groups in total. The average Bonchev–Trinajstić information content (AvgIpc) is 3.38. The maximum atomic E-state index is 13.0. The minimum absolute atomic E-state index is 0.0617. The van der Waals surface area contributed by atoms with Gasteiger partial charge in [0, 0.05) is 61.1 Å². The van der Waals surface area contributed by atoms with Crippen LogP contribution in [-0.2, 0) is 0 Å². The molecule has 0 aliphatic carbocycles. The molecule has 3 aromatic carbocycles. The summed E-state index contributed by atoms with van der Waals surface area (Å²) in [5.41, 5.74) is 19.9. The van der Waals surface area contributed by atoms with Crippen LogP contribution in [0.5, 0.6) is 5.75 Å². The van der Waals surface area contributed by atoms with Crippen molar-refractivity contribution in [2.45, 2.75) is 37.1 Å². The third-order valence-electron chi connectivity index (χ3n) is 7.88. The topological polar surface area (TPSA) is 205 Å². The number of hydrogen-bond donors (Lipinski definition) is 7. The summed E-state index contributed by atoms with van der Waals surface area (Å²) in [5, 5.41) is 28.5. The van der Waals surface area contributed by atoms with Crippen LogP contribution in [0, 0.1) is 0 Å². The van der Waals surface area contributed by atoms with E-state index in [1.165, 1.54) is 0 Å². The van der Waals surface area contributed by atoms with Gasteiger partial charge in [-0.3, -0.25) is 4.79 Å². The monoisotopic (exact) mass is 584 g/mol. The predicted octanol–water partition coefficient (Wildman–Crippen LogP) is 1.49. The Morgan fingerprint density at radius 2 is 1.58 bits per heavy atom. The molecule has 13 heteroatoms. The molecule has 0 bridgehead atoms. The summed E-state index contributed by atoms with van der Waals surface area (Å²) in [7, 11) is 0. The highest BCUT2D eigenvalue weighted by Crippen LogP contribution is 2.30. The highest BCUT2D eigenvalue weighted by Gasteiger charge is 2.33. The van der Waals surface area contributed by atoms with E-state index < -0.39 is 12.0 Å². The summed E-state index contributed by atoms with van der Waals surface area (Å²) >= 11 is 0. The Morgan fingerprint density at radius 1 is 0.884 bits per heavy atom. The van der Waals surface area contributed by atoms with Gasteiger partial charge >= 0.3 is 0 Å². The normalized spacial score (nSPS) is 22.1. The second-order valence-corrected chi connectivity index (χ2v) is 11.2. The molecule has 4 atom stereocenters. The van der Waals surface area contributed by atoms with Gasteiger partial charge in [0.25, 0.3) is 5.91 Å². The van der Waals surface area contributed by atoms with Crippen LogP contribution in [-0.4, -0.2) is 81.5 Å². The number of nitrogens with zero attached hydrogens (tertiary/aromatic N) is 5. The molecule has 2 aliphatic rings. The number of carbonyl (C=O) groups excluding carboxylic acids is 1. The molecule has 43 heavy (non-hydrogen) atoms. The van der Waals surface area contributed by atoms with Crippen LogP contribution >= 0.6 is 0 Å². The first-order valence-electron chi connectivity index (χ1n) is 14.3. The van der Waals surface area contributed by atoms with Crippen molar-refractivity contribution in [2.24, 2.45) is 17.2 Å². The number of aromatic hydroxyl groups is 1. The number of nitrogens with two attached hydrogens (primary N) is 3. The summed E-state index contributed by atoms with van der Waals surface area (Å²) < 4.78 is 0. The van der Waals surface area contributed by atoms with Crippen LogP contribution < -0.4 is 37.6 Å². The van der Waals surface area contributed by atoms with E-state index >= 15 is 0 Å². The van der Waals surface area contributed by atoms with Crippen molar-refractivity contribution in [3.63, 3.8) is 0 Å². The SMILES string of the molecule is NC[C@@H]1C[C@H](O)CN1c1nc(Nc2ccc(NC(=O)c3ccc4ccccc4c3O)cc2)nc(N2C[C@H](N)C[C@H](N)C2)n1. The van der Waals surface area contributed by atoms with Crippen LogP contribution in [0.1, 0.15) is 23.2 Å². The summed E-state index contributed by atoms with van der Waals surface area (Å²) in [6.45, 7) is 1.83. The molecule has 13 nitrogen and oxygen atoms in total. The van der Waals surface area contributed by atoms with Crippen LogP contribution in [0.2, 0.25) is 0 Å². The third-order valence-corrected chi connectivity index (χ3v) is 7.88. The van der Waals surface area contributed by atoms with E-state index in [0.29, 0.717) is 67.2 Å². The molecule has 0 saturated carbocycles. The number of aliphatic hydroxyl groups is 1. The van der Waals surface area contributed by atoms with Gasteiger partial charge in [-0.2, -0.15) is 15.0 Å². The summed E-state index contributed by atoms with van der Waals surface area (Å²) in [4.78, 5) is 30.9. The lowest BCUT2D eigenvalue weighted by molar-refractivity contribution is 0.102. The molecule has 2 aliphatic heterocycles. The number of rotatable bonds is 7. The second-order valence-electron chi connectivity index (χ2n) is 11.2.